The first kappa shape index (κ1) is 26.2. The molecule has 0 unspecified atom stereocenters. The van der Waals surface area contributed by atoms with Gasteiger partial charge >= 0.3 is 0 Å². The van der Waals surface area contributed by atoms with Crippen molar-refractivity contribution in [2.75, 3.05) is 13.2 Å². The van der Waals surface area contributed by atoms with Crippen LogP contribution in [0.1, 0.15) is 55.1 Å². The number of carbonyl (C=O) groups is 1. The summed E-state index contributed by atoms with van der Waals surface area (Å²) in [6.45, 7) is 8.59. The van der Waals surface area contributed by atoms with E-state index in [0.717, 1.165) is 47.6 Å². The molecule has 1 N–H and O–H groups in total. The van der Waals surface area contributed by atoms with Crippen LogP contribution < -0.4 is 10.1 Å². The minimum atomic E-state index is -0.0967. The first-order chi connectivity index (χ1) is 18.0. The molecule has 1 heterocycles. The van der Waals surface area contributed by atoms with Gasteiger partial charge in [0.05, 0.1) is 17.6 Å². The third kappa shape index (κ3) is 7.32. The molecule has 0 aliphatic heterocycles. The van der Waals surface area contributed by atoms with Crippen LogP contribution in [0, 0.1) is 6.92 Å². The summed E-state index contributed by atoms with van der Waals surface area (Å²) in [4.78, 5) is 17.1. The summed E-state index contributed by atoms with van der Waals surface area (Å²) in [5.41, 5.74) is 5.61. The average Bonchev–Trinajstić information content (AvgIpc) is 3.25. The highest BCUT2D eigenvalue weighted by Gasteiger charge is 2.11. The average molecular weight is 496 g/mol. The zero-order valence-corrected chi connectivity index (χ0v) is 22.1. The molecule has 3 aromatic carbocycles. The van der Waals surface area contributed by atoms with Gasteiger partial charge in [-0.3, -0.25) is 4.79 Å². The molecule has 0 bridgehead atoms. The zero-order valence-electron chi connectivity index (χ0n) is 22.1. The first-order valence-corrected chi connectivity index (χ1v) is 13.2. The molecule has 0 fully saturated rings. The van der Waals surface area contributed by atoms with Gasteiger partial charge in [-0.2, -0.15) is 0 Å². The lowest BCUT2D eigenvalue weighted by molar-refractivity contribution is -0.116. The lowest BCUT2D eigenvalue weighted by Crippen LogP contribution is -2.24. The maximum Gasteiger partial charge on any atom is 0.244 e. The highest BCUT2D eigenvalue weighted by Crippen LogP contribution is 2.27. The Hall–Kier alpha value is -3.86. The van der Waals surface area contributed by atoms with Crippen molar-refractivity contribution in [3.63, 3.8) is 0 Å². The zero-order chi connectivity index (χ0) is 26.0. The number of benzene rings is 3. The van der Waals surface area contributed by atoms with Gasteiger partial charge in [0.2, 0.25) is 5.91 Å². The second-order valence-corrected chi connectivity index (χ2v) is 9.70. The lowest BCUT2D eigenvalue weighted by atomic mass is 10.0. The van der Waals surface area contributed by atoms with Crippen molar-refractivity contribution in [1.82, 2.24) is 14.9 Å². The molecule has 37 heavy (non-hydrogen) atoms. The Morgan fingerprint density at radius 3 is 2.62 bits per heavy atom. The minimum absolute atomic E-state index is 0.0967. The fourth-order valence-corrected chi connectivity index (χ4v) is 4.46. The molecule has 4 aromatic rings. The molecular weight excluding hydrogens is 458 g/mol. The molecule has 1 amide bonds. The molecule has 0 atom stereocenters. The largest absolute Gasteiger partial charge is 0.493 e. The molecule has 4 rings (SSSR count). The van der Waals surface area contributed by atoms with Gasteiger partial charge in [0.1, 0.15) is 11.6 Å². The number of amides is 1. The molecule has 192 valence electrons. The van der Waals surface area contributed by atoms with Crippen LogP contribution in [0.15, 0.2) is 78.9 Å². The molecule has 5 nitrogen and oxygen atoms in total. The number of para-hydroxylation sites is 2. The first-order valence-electron chi connectivity index (χ1n) is 13.2. The molecule has 5 heteroatoms. The van der Waals surface area contributed by atoms with Gasteiger partial charge < -0.3 is 14.6 Å². The molecule has 0 radical (unpaired) electrons. The number of rotatable bonds is 12. The maximum absolute atomic E-state index is 12.3. The predicted octanol–water partition coefficient (Wildman–Crippen LogP) is 6.70. The Kier molecular flexibility index (Phi) is 9.14. The van der Waals surface area contributed by atoms with Gasteiger partial charge in [-0.15, -0.1) is 0 Å². The number of nitrogens with one attached hydrogen (secondary N) is 1. The van der Waals surface area contributed by atoms with Crippen molar-refractivity contribution in [3.8, 4) is 5.75 Å². The summed E-state index contributed by atoms with van der Waals surface area (Å²) in [5.74, 6) is 2.33. The van der Waals surface area contributed by atoms with Crippen molar-refractivity contribution in [1.29, 1.82) is 0 Å². The van der Waals surface area contributed by atoms with Gasteiger partial charge in [-0.25, -0.2) is 4.98 Å². The van der Waals surface area contributed by atoms with E-state index >= 15 is 0 Å². The molecule has 0 aliphatic carbocycles. The Morgan fingerprint density at radius 2 is 1.81 bits per heavy atom. The van der Waals surface area contributed by atoms with Crippen LogP contribution in [0.3, 0.4) is 0 Å². The Balaban J connectivity index is 1.31. The number of fused-ring (bicyclic) bond motifs is 1. The van der Waals surface area contributed by atoms with Gasteiger partial charge in [-0.05, 0) is 66.6 Å². The molecule has 0 aliphatic rings. The molecule has 0 saturated heterocycles. The monoisotopic (exact) mass is 495 g/mol. The minimum Gasteiger partial charge on any atom is -0.493 e. The highest BCUT2D eigenvalue weighted by atomic mass is 16.5. The standard InChI is InChI=1S/C32H37N3O2/c1-24(2)27-17-15-25(3)23-30(27)37-22-10-9-21-35-29-14-8-7-13-28(29)34-31(35)19-20-33-32(36)18-16-26-11-5-4-6-12-26/h4-8,11-18,23-24H,9-10,19-22H2,1-3H3,(H,33,36)/b18-16+. The summed E-state index contributed by atoms with van der Waals surface area (Å²) >= 11 is 0. The number of aromatic nitrogens is 2. The quantitative estimate of drug-likeness (QED) is 0.176. The predicted molar refractivity (Wildman–Crippen MR) is 152 cm³/mol. The van der Waals surface area contributed by atoms with E-state index in [1.807, 2.05) is 48.5 Å². The fourth-order valence-electron chi connectivity index (χ4n) is 4.46. The van der Waals surface area contributed by atoms with E-state index in [1.54, 1.807) is 6.08 Å². The molecular formula is C32H37N3O2. The van der Waals surface area contributed by atoms with Crippen LogP contribution in [0.5, 0.6) is 5.75 Å². The van der Waals surface area contributed by atoms with Crippen LogP contribution >= 0.6 is 0 Å². The van der Waals surface area contributed by atoms with Crippen molar-refractivity contribution in [2.45, 2.75) is 52.5 Å². The third-order valence-corrected chi connectivity index (χ3v) is 6.43. The van der Waals surface area contributed by atoms with Gasteiger partial charge in [0.25, 0.3) is 0 Å². The molecule has 0 spiro atoms. The SMILES string of the molecule is Cc1ccc(C(C)C)c(OCCCCn2c(CCNC(=O)/C=C/c3ccccc3)nc3ccccc32)c1. The number of ether oxygens (including phenoxy) is 1. The number of aryl methyl sites for hydroxylation is 2. The number of imidazole rings is 1. The summed E-state index contributed by atoms with van der Waals surface area (Å²) < 4.78 is 8.47. The molecule has 1 aromatic heterocycles. The summed E-state index contributed by atoms with van der Waals surface area (Å²) in [6.07, 6.45) is 6.03. The lowest BCUT2D eigenvalue weighted by Gasteiger charge is -2.15. The summed E-state index contributed by atoms with van der Waals surface area (Å²) in [6, 6.07) is 24.5. The number of carbonyl (C=O) groups excluding carboxylic acids is 1. The second-order valence-electron chi connectivity index (χ2n) is 9.70. The van der Waals surface area contributed by atoms with Gasteiger partial charge in [0, 0.05) is 25.6 Å². The van der Waals surface area contributed by atoms with Crippen LogP contribution in [0.2, 0.25) is 0 Å². The Labute approximate surface area is 220 Å². The summed E-state index contributed by atoms with van der Waals surface area (Å²) in [7, 11) is 0. The van der Waals surface area contributed by atoms with E-state index in [9.17, 15) is 4.79 Å². The summed E-state index contributed by atoms with van der Waals surface area (Å²) in [5, 5.41) is 2.99. The van der Waals surface area contributed by atoms with E-state index in [2.05, 4.69) is 61.0 Å². The third-order valence-electron chi connectivity index (χ3n) is 6.43. The van der Waals surface area contributed by atoms with Crippen LogP contribution in [-0.4, -0.2) is 28.6 Å². The van der Waals surface area contributed by atoms with Crippen molar-refractivity contribution < 1.29 is 9.53 Å². The van der Waals surface area contributed by atoms with E-state index in [1.165, 1.54) is 11.1 Å². The van der Waals surface area contributed by atoms with Crippen LogP contribution in [-0.2, 0) is 17.8 Å². The number of unbranched alkanes of at least 4 members (excludes halogenated alkanes) is 1. The normalized spacial score (nSPS) is 11.5. The van der Waals surface area contributed by atoms with Crippen molar-refractivity contribution in [3.05, 3.63) is 101 Å². The van der Waals surface area contributed by atoms with E-state index in [4.69, 9.17) is 9.72 Å². The van der Waals surface area contributed by atoms with Crippen LogP contribution in [0.4, 0.5) is 0 Å². The number of hydrogen-bond acceptors (Lipinski definition) is 3. The van der Waals surface area contributed by atoms with E-state index in [0.29, 0.717) is 25.5 Å². The van der Waals surface area contributed by atoms with Crippen LogP contribution in [0.25, 0.3) is 17.1 Å². The van der Waals surface area contributed by atoms with Gasteiger partial charge in [0.15, 0.2) is 0 Å². The Morgan fingerprint density at radius 1 is 1.03 bits per heavy atom. The van der Waals surface area contributed by atoms with E-state index < -0.39 is 0 Å². The van der Waals surface area contributed by atoms with Crippen molar-refractivity contribution >= 4 is 23.0 Å². The number of hydrogen-bond donors (Lipinski definition) is 1. The highest BCUT2D eigenvalue weighted by molar-refractivity contribution is 5.91. The fraction of sp³-hybridized carbons (Fsp3) is 0.312. The Bertz CT molecular complexity index is 1340. The number of nitrogens with zero attached hydrogens (tertiary/aromatic N) is 2. The van der Waals surface area contributed by atoms with Gasteiger partial charge in [-0.1, -0.05) is 68.4 Å². The molecule has 0 saturated carbocycles. The second kappa shape index (κ2) is 12.9. The topological polar surface area (TPSA) is 56.1 Å². The maximum atomic E-state index is 12.3. The van der Waals surface area contributed by atoms with Crippen molar-refractivity contribution in [2.24, 2.45) is 0 Å². The smallest absolute Gasteiger partial charge is 0.244 e. The van der Waals surface area contributed by atoms with E-state index in [-0.39, 0.29) is 5.91 Å².